The van der Waals surface area contributed by atoms with E-state index < -0.39 is 0 Å². The van der Waals surface area contributed by atoms with Gasteiger partial charge in [-0.1, -0.05) is 60.7 Å². The molecule has 0 unspecified atom stereocenters. The zero-order chi connectivity index (χ0) is 17.9. The van der Waals surface area contributed by atoms with Gasteiger partial charge in [-0.05, 0) is 24.1 Å². The van der Waals surface area contributed by atoms with Gasteiger partial charge in [-0.3, -0.25) is 4.79 Å². The lowest BCUT2D eigenvalue weighted by atomic mass is 10.1. The summed E-state index contributed by atoms with van der Waals surface area (Å²) in [6.45, 7) is 0.484. The van der Waals surface area contributed by atoms with Crippen LogP contribution in [0.1, 0.15) is 11.1 Å². The molecule has 1 N–H and O–H groups in total. The molecule has 1 amide bonds. The molecule has 0 aliphatic rings. The Morgan fingerprint density at radius 1 is 1.16 bits per heavy atom. The Bertz CT molecular complexity index is 802. The highest BCUT2D eigenvalue weighted by atomic mass is 16.5. The zero-order valence-electron chi connectivity index (χ0n) is 14.1. The number of nitrogens with one attached hydrogen (secondary N) is 1. The number of benzene rings is 2. The van der Waals surface area contributed by atoms with E-state index in [1.54, 1.807) is 19.3 Å². The fourth-order valence-electron chi connectivity index (χ4n) is 2.28. The van der Waals surface area contributed by atoms with Gasteiger partial charge < -0.3 is 10.1 Å². The maximum atomic E-state index is 12.1. The van der Waals surface area contributed by atoms with Gasteiger partial charge in [-0.2, -0.15) is 5.26 Å². The molecule has 0 spiro atoms. The lowest BCUT2D eigenvalue weighted by Gasteiger charge is -2.04. The van der Waals surface area contributed by atoms with Crippen LogP contribution in [0, 0.1) is 11.3 Å². The van der Waals surface area contributed by atoms with Crippen LogP contribution in [0.25, 0.3) is 6.08 Å². The van der Waals surface area contributed by atoms with Crippen LogP contribution < -0.4 is 10.1 Å². The highest BCUT2D eigenvalue weighted by Gasteiger charge is 2.06. The molecule has 2 aromatic carbocycles. The molecule has 4 heteroatoms. The molecule has 4 nitrogen and oxygen atoms in total. The molecular weight excluding hydrogens is 312 g/mol. The van der Waals surface area contributed by atoms with Gasteiger partial charge in [-0.25, -0.2) is 0 Å². The SMILES string of the molecule is COc1ccccc1/C=C/C=C(\C#N)C(=O)NCCc1ccccc1. The van der Waals surface area contributed by atoms with E-state index in [9.17, 15) is 10.1 Å². The van der Waals surface area contributed by atoms with E-state index >= 15 is 0 Å². The number of ether oxygens (including phenoxy) is 1. The number of amides is 1. The summed E-state index contributed by atoms with van der Waals surface area (Å²) < 4.78 is 5.26. The van der Waals surface area contributed by atoms with Crippen LogP contribution in [-0.2, 0) is 11.2 Å². The first-order chi connectivity index (χ1) is 12.2. The summed E-state index contributed by atoms with van der Waals surface area (Å²) in [5.74, 6) is 0.362. The number of hydrogen-bond donors (Lipinski definition) is 1. The molecule has 25 heavy (non-hydrogen) atoms. The zero-order valence-corrected chi connectivity index (χ0v) is 14.1. The minimum Gasteiger partial charge on any atom is -0.496 e. The molecule has 2 aromatic rings. The van der Waals surface area contributed by atoms with Crippen molar-refractivity contribution in [2.24, 2.45) is 0 Å². The Hall–Kier alpha value is -3.32. The Labute approximate surface area is 148 Å². The second-order valence-corrected chi connectivity index (χ2v) is 5.28. The molecule has 0 aromatic heterocycles. The number of carbonyl (C=O) groups is 1. The predicted molar refractivity (Wildman–Crippen MR) is 98.9 cm³/mol. The maximum absolute atomic E-state index is 12.1. The average Bonchev–Trinajstić information content (AvgIpc) is 2.66. The van der Waals surface area contributed by atoms with Crippen molar-refractivity contribution in [2.45, 2.75) is 6.42 Å². The van der Waals surface area contributed by atoms with Crippen molar-refractivity contribution in [3.63, 3.8) is 0 Å². The van der Waals surface area contributed by atoms with Crippen LogP contribution in [0.5, 0.6) is 5.75 Å². The van der Waals surface area contributed by atoms with Gasteiger partial charge in [-0.15, -0.1) is 0 Å². The summed E-state index contributed by atoms with van der Waals surface area (Å²) in [6.07, 6.45) is 5.70. The number of methoxy groups -OCH3 is 1. The van der Waals surface area contributed by atoms with Crippen LogP contribution in [0.15, 0.2) is 72.3 Å². The highest BCUT2D eigenvalue weighted by molar-refractivity contribution is 5.97. The summed E-state index contributed by atoms with van der Waals surface area (Å²) in [7, 11) is 1.60. The lowest BCUT2D eigenvalue weighted by molar-refractivity contribution is -0.117. The second kappa shape index (κ2) is 9.74. The quantitative estimate of drug-likeness (QED) is 0.479. The fourth-order valence-corrected chi connectivity index (χ4v) is 2.28. The van der Waals surface area contributed by atoms with Crippen molar-refractivity contribution in [3.05, 3.63) is 83.4 Å². The Balaban J connectivity index is 1.93. The minimum absolute atomic E-state index is 0.0687. The molecule has 0 heterocycles. The third kappa shape index (κ3) is 5.67. The Morgan fingerprint density at radius 2 is 1.88 bits per heavy atom. The summed E-state index contributed by atoms with van der Waals surface area (Å²) in [5, 5.41) is 11.9. The summed E-state index contributed by atoms with van der Waals surface area (Å²) in [5.41, 5.74) is 2.09. The Morgan fingerprint density at radius 3 is 2.60 bits per heavy atom. The number of nitrogens with zero attached hydrogens (tertiary/aromatic N) is 1. The van der Waals surface area contributed by atoms with Crippen LogP contribution in [-0.4, -0.2) is 19.6 Å². The summed E-state index contributed by atoms with van der Waals surface area (Å²) in [6, 6.07) is 19.3. The average molecular weight is 332 g/mol. The van der Waals surface area contributed by atoms with Crippen molar-refractivity contribution in [2.75, 3.05) is 13.7 Å². The smallest absolute Gasteiger partial charge is 0.261 e. The molecule has 0 radical (unpaired) electrons. The van der Waals surface area contributed by atoms with E-state index in [-0.39, 0.29) is 11.5 Å². The number of allylic oxidation sites excluding steroid dienone is 2. The lowest BCUT2D eigenvalue weighted by Crippen LogP contribution is -2.26. The van der Waals surface area contributed by atoms with E-state index in [1.807, 2.05) is 60.7 Å². The first kappa shape index (κ1) is 18.0. The second-order valence-electron chi connectivity index (χ2n) is 5.28. The monoisotopic (exact) mass is 332 g/mol. The fraction of sp³-hybridized carbons (Fsp3) is 0.143. The van der Waals surface area contributed by atoms with Gasteiger partial charge in [0.05, 0.1) is 7.11 Å². The third-order valence-corrected chi connectivity index (χ3v) is 3.58. The number of hydrogen-bond acceptors (Lipinski definition) is 3. The van der Waals surface area contributed by atoms with E-state index in [4.69, 9.17) is 4.74 Å². The molecule has 0 bridgehead atoms. The minimum atomic E-state index is -0.372. The molecular formula is C21H20N2O2. The molecule has 2 rings (SSSR count). The number of para-hydroxylation sites is 1. The molecule has 0 aliphatic heterocycles. The van der Waals surface area contributed by atoms with Gasteiger partial charge in [0.1, 0.15) is 17.4 Å². The van der Waals surface area contributed by atoms with Gasteiger partial charge in [0, 0.05) is 12.1 Å². The van der Waals surface area contributed by atoms with Crippen molar-refractivity contribution in [1.29, 1.82) is 5.26 Å². The van der Waals surface area contributed by atoms with Gasteiger partial charge in [0.2, 0.25) is 0 Å². The van der Waals surface area contributed by atoms with Crippen molar-refractivity contribution in [1.82, 2.24) is 5.32 Å². The number of nitriles is 1. The van der Waals surface area contributed by atoms with Crippen LogP contribution in [0.2, 0.25) is 0 Å². The van der Waals surface area contributed by atoms with Crippen molar-refractivity contribution >= 4 is 12.0 Å². The first-order valence-electron chi connectivity index (χ1n) is 7.98. The topological polar surface area (TPSA) is 62.1 Å². The Kier molecular flexibility index (Phi) is 7.02. The largest absolute Gasteiger partial charge is 0.496 e. The standard InChI is InChI=1S/C21H20N2O2/c1-25-20-13-6-5-10-18(20)11-7-12-19(16-22)21(24)23-15-14-17-8-3-2-4-9-17/h2-13H,14-15H2,1H3,(H,23,24)/b11-7+,19-12+. The first-order valence-corrected chi connectivity index (χ1v) is 7.98. The summed E-state index contributed by atoms with van der Waals surface area (Å²) >= 11 is 0. The maximum Gasteiger partial charge on any atom is 0.261 e. The highest BCUT2D eigenvalue weighted by Crippen LogP contribution is 2.18. The molecule has 126 valence electrons. The van der Waals surface area contributed by atoms with Crippen LogP contribution in [0.3, 0.4) is 0 Å². The van der Waals surface area contributed by atoms with E-state index in [0.717, 1.165) is 23.3 Å². The summed E-state index contributed by atoms with van der Waals surface area (Å²) in [4.78, 5) is 12.1. The molecule has 0 atom stereocenters. The number of rotatable bonds is 7. The van der Waals surface area contributed by atoms with E-state index in [1.165, 1.54) is 6.08 Å². The van der Waals surface area contributed by atoms with Crippen LogP contribution in [0.4, 0.5) is 0 Å². The van der Waals surface area contributed by atoms with E-state index in [0.29, 0.717) is 6.54 Å². The van der Waals surface area contributed by atoms with Crippen molar-refractivity contribution < 1.29 is 9.53 Å². The van der Waals surface area contributed by atoms with Gasteiger partial charge >= 0.3 is 0 Å². The van der Waals surface area contributed by atoms with Gasteiger partial charge in [0.15, 0.2) is 0 Å². The molecule has 0 aliphatic carbocycles. The molecule has 0 saturated heterocycles. The van der Waals surface area contributed by atoms with E-state index in [2.05, 4.69) is 5.32 Å². The third-order valence-electron chi connectivity index (χ3n) is 3.58. The van der Waals surface area contributed by atoms with Crippen LogP contribution >= 0.6 is 0 Å². The molecule has 0 fully saturated rings. The normalized spacial score (nSPS) is 11.1. The van der Waals surface area contributed by atoms with Gasteiger partial charge in [0.25, 0.3) is 5.91 Å². The predicted octanol–water partition coefficient (Wildman–Crippen LogP) is 3.52. The number of carbonyl (C=O) groups excluding carboxylic acids is 1. The molecule has 0 saturated carbocycles. The van der Waals surface area contributed by atoms with Crippen molar-refractivity contribution in [3.8, 4) is 11.8 Å².